The number of alkyl halides is 3. The van der Waals surface area contributed by atoms with Crippen LogP contribution in [0.5, 0.6) is 0 Å². The van der Waals surface area contributed by atoms with Gasteiger partial charge in [0.1, 0.15) is 0 Å². The molecule has 0 aromatic carbocycles. The van der Waals surface area contributed by atoms with Gasteiger partial charge in [0.15, 0.2) is 0 Å². The predicted molar refractivity (Wildman–Crippen MR) is 31.1 cm³/mol. The summed E-state index contributed by atoms with van der Waals surface area (Å²) in [5, 5.41) is 0. The van der Waals surface area contributed by atoms with E-state index < -0.39 is 3.79 Å². The number of hydrogen-bond donors (Lipinski definition) is 0. The molecule has 0 radical (unpaired) electrons. The Balaban J connectivity index is 3.79. The molecule has 0 rings (SSSR count). The number of rotatable bonds is 0. The molecule has 0 aliphatic carbocycles. The summed E-state index contributed by atoms with van der Waals surface area (Å²) in [7, 11) is 0. The SMILES string of the molecule is Cl[C](=[Cu])C(Cl)(Cl)Cl. The third-order valence-corrected chi connectivity index (χ3v) is 2.02. The molecule has 0 nitrogen and oxygen atoms in total. The fourth-order valence-corrected chi connectivity index (χ4v) is 0. The summed E-state index contributed by atoms with van der Waals surface area (Å²) < 4.78 is -1.77. The van der Waals surface area contributed by atoms with Crippen molar-refractivity contribution in [2.24, 2.45) is 0 Å². The van der Waals surface area contributed by atoms with Crippen LogP contribution in [0.4, 0.5) is 0 Å². The van der Waals surface area contributed by atoms with Gasteiger partial charge in [0.2, 0.25) is 0 Å². The minimum absolute atomic E-state index is 0.176. The first kappa shape index (κ1) is 8.55. The van der Waals surface area contributed by atoms with Crippen LogP contribution in [0, 0.1) is 0 Å². The summed E-state index contributed by atoms with van der Waals surface area (Å²) in [5.74, 6) is 0. The van der Waals surface area contributed by atoms with E-state index in [4.69, 9.17) is 46.4 Å². The first-order chi connectivity index (χ1) is 2.94. The molecule has 5 heteroatoms. The van der Waals surface area contributed by atoms with Gasteiger partial charge < -0.3 is 0 Å². The summed E-state index contributed by atoms with van der Waals surface area (Å²) >= 11 is 24.9. The Kier molecular flexibility index (Phi) is 3.55. The topological polar surface area (TPSA) is 0 Å². The molecule has 7 heavy (non-hydrogen) atoms. The summed E-state index contributed by atoms with van der Waals surface area (Å²) in [6.45, 7) is 0. The van der Waals surface area contributed by atoms with E-state index in [0.717, 1.165) is 0 Å². The molecule has 0 aromatic heterocycles. The van der Waals surface area contributed by atoms with E-state index in [2.05, 4.69) is 15.6 Å². The van der Waals surface area contributed by atoms with Crippen LogP contribution in [0.2, 0.25) is 0 Å². The number of hydrogen-bond acceptors (Lipinski definition) is 0. The van der Waals surface area contributed by atoms with Crippen molar-refractivity contribution in [1.29, 1.82) is 0 Å². The summed E-state index contributed by atoms with van der Waals surface area (Å²) in [6.07, 6.45) is 0. The van der Waals surface area contributed by atoms with Crippen LogP contribution in [0.25, 0.3) is 0 Å². The maximum atomic E-state index is 5.12. The molecule has 0 bridgehead atoms. The zero-order chi connectivity index (χ0) is 6.08. The van der Waals surface area contributed by atoms with E-state index in [9.17, 15) is 0 Å². The van der Waals surface area contributed by atoms with Crippen molar-refractivity contribution >= 4 is 50.3 Å². The molecule has 0 fully saturated rings. The second-order valence-corrected chi connectivity index (χ2v) is 4.08. The number of halogens is 4. The van der Waals surface area contributed by atoms with Crippen molar-refractivity contribution in [3.05, 3.63) is 0 Å². The molecule has 0 unspecified atom stereocenters. The van der Waals surface area contributed by atoms with Crippen LogP contribution in [0.3, 0.4) is 0 Å². The van der Waals surface area contributed by atoms with E-state index in [1.165, 1.54) is 0 Å². The first-order valence-electron chi connectivity index (χ1n) is 1.16. The molecular formula is C2Cl4Cu. The minimum atomic E-state index is -1.60. The molecule has 0 saturated heterocycles. The van der Waals surface area contributed by atoms with Gasteiger partial charge in [0.05, 0.1) is 0 Å². The van der Waals surface area contributed by atoms with E-state index >= 15 is 0 Å². The first-order valence-corrected chi connectivity index (χ1v) is 3.14. The molecule has 0 heterocycles. The van der Waals surface area contributed by atoms with E-state index in [1.54, 1.807) is 0 Å². The predicted octanol–water partition coefficient (Wildman–Crippen LogP) is 2.27. The average molecular weight is 229 g/mol. The third kappa shape index (κ3) is 4.08. The van der Waals surface area contributed by atoms with Gasteiger partial charge in [-0.25, -0.2) is 0 Å². The summed E-state index contributed by atoms with van der Waals surface area (Å²) in [5.41, 5.74) is 0. The van der Waals surface area contributed by atoms with Crippen LogP contribution >= 0.6 is 46.4 Å². The van der Waals surface area contributed by atoms with Crippen molar-refractivity contribution in [2.75, 3.05) is 0 Å². The maximum absolute atomic E-state index is 5.12. The Morgan fingerprint density at radius 2 is 1.43 bits per heavy atom. The molecule has 47 valence electrons. The molecule has 0 atom stereocenters. The van der Waals surface area contributed by atoms with Crippen LogP contribution in [-0.2, 0) is 15.6 Å². The Morgan fingerprint density at radius 3 is 1.43 bits per heavy atom. The van der Waals surface area contributed by atoms with Gasteiger partial charge in [-0.1, -0.05) is 0 Å². The standard InChI is InChI=1S/C2Cl4.Cu/c3-1-2(4,5)6;. The molecule has 0 amide bonds. The molecule has 0 saturated carbocycles. The monoisotopic (exact) mass is 227 g/mol. The van der Waals surface area contributed by atoms with Crippen LogP contribution < -0.4 is 0 Å². The van der Waals surface area contributed by atoms with Gasteiger partial charge in [-0.3, -0.25) is 0 Å². The Morgan fingerprint density at radius 1 is 1.29 bits per heavy atom. The quantitative estimate of drug-likeness (QED) is 0.441. The van der Waals surface area contributed by atoms with Crippen LogP contribution in [0.15, 0.2) is 0 Å². The van der Waals surface area contributed by atoms with Gasteiger partial charge in [0.25, 0.3) is 0 Å². The Bertz CT molecular complexity index is 82.2. The van der Waals surface area contributed by atoms with Gasteiger partial charge in [-0.15, -0.1) is 0 Å². The van der Waals surface area contributed by atoms with Gasteiger partial charge in [0, 0.05) is 0 Å². The van der Waals surface area contributed by atoms with Crippen LogP contribution in [0.1, 0.15) is 0 Å². The molecule has 0 aliphatic heterocycles. The molecule has 0 aromatic rings. The second kappa shape index (κ2) is 2.91. The summed E-state index contributed by atoms with van der Waals surface area (Å²) in [6, 6.07) is 0. The second-order valence-electron chi connectivity index (χ2n) is 0.725. The fourth-order valence-electron chi connectivity index (χ4n) is 0. The van der Waals surface area contributed by atoms with Crippen molar-refractivity contribution in [2.45, 2.75) is 3.79 Å². The van der Waals surface area contributed by atoms with E-state index in [-0.39, 0.29) is 3.88 Å². The van der Waals surface area contributed by atoms with Crippen LogP contribution in [-0.4, -0.2) is 7.67 Å². The van der Waals surface area contributed by atoms with Gasteiger partial charge in [-0.2, -0.15) is 0 Å². The van der Waals surface area contributed by atoms with Crippen molar-refractivity contribution in [3.8, 4) is 0 Å². The molecule has 0 aliphatic rings. The molecule has 0 spiro atoms. The van der Waals surface area contributed by atoms with Crippen molar-refractivity contribution < 1.29 is 15.6 Å². The van der Waals surface area contributed by atoms with Gasteiger partial charge in [-0.05, 0) is 0 Å². The fraction of sp³-hybridized carbons (Fsp3) is 0.500. The van der Waals surface area contributed by atoms with E-state index in [1.807, 2.05) is 0 Å². The normalized spacial score (nSPS) is 11.7. The zero-order valence-electron chi connectivity index (χ0n) is 2.81. The van der Waals surface area contributed by atoms with E-state index in [0.29, 0.717) is 0 Å². The van der Waals surface area contributed by atoms with Crippen molar-refractivity contribution in [1.82, 2.24) is 0 Å². The zero-order valence-corrected chi connectivity index (χ0v) is 6.78. The summed E-state index contributed by atoms with van der Waals surface area (Å²) in [4.78, 5) is 0. The third-order valence-electron chi connectivity index (χ3n) is 0.193. The molecule has 0 N–H and O–H groups in total. The Hall–Kier alpha value is 1.55. The van der Waals surface area contributed by atoms with Crippen molar-refractivity contribution in [3.63, 3.8) is 0 Å². The molecular weight excluding hydrogens is 229 g/mol. The average Bonchev–Trinajstić information content (AvgIpc) is 1.31. The van der Waals surface area contributed by atoms with Gasteiger partial charge >= 0.3 is 69.6 Å². The Labute approximate surface area is 69.4 Å².